The Morgan fingerprint density at radius 2 is 1.88 bits per heavy atom. The van der Waals surface area contributed by atoms with E-state index in [1.807, 2.05) is 39.0 Å². The van der Waals surface area contributed by atoms with Crippen molar-refractivity contribution in [2.75, 3.05) is 41.7 Å². The predicted octanol–water partition coefficient (Wildman–Crippen LogP) is 5.75. The van der Waals surface area contributed by atoms with Gasteiger partial charge in [-0.05, 0) is 64.3 Å². The molecule has 0 aliphatic carbocycles. The number of nitrogens with zero attached hydrogens (tertiary/aromatic N) is 4. The van der Waals surface area contributed by atoms with E-state index < -0.39 is 0 Å². The number of para-hydroxylation sites is 1. The van der Waals surface area contributed by atoms with Crippen LogP contribution in [0.25, 0.3) is 0 Å². The maximum Gasteiger partial charge on any atom is 0.253 e. The van der Waals surface area contributed by atoms with Crippen LogP contribution in [0.15, 0.2) is 48.7 Å². The molecule has 5 rings (SSSR count). The van der Waals surface area contributed by atoms with Crippen LogP contribution in [0.4, 0.5) is 28.8 Å². The fourth-order valence-electron chi connectivity index (χ4n) is 5.46. The summed E-state index contributed by atoms with van der Waals surface area (Å²) in [7, 11) is 0. The average molecular weight is 592 g/mol. The summed E-state index contributed by atoms with van der Waals surface area (Å²) in [5.74, 6) is 1.50. The first-order valence-electron chi connectivity index (χ1n) is 14.6. The summed E-state index contributed by atoms with van der Waals surface area (Å²) in [6.07, 6.45) is 5.06. The average Bonchev–Trinajstić information content (AvgIpc) is 3.41. The summed E-state index contributed by atoms with van der Waals surface area (Å²) >= 11 is 6.44. The topological polar surface area (TPSA) is 112 Å². The Balaban J connectivity index is 1.32. The van der Waals surface area contributed by atoms with Crippen LogP contribution >= 0.6 is 11.6 Å². The van der Waals surface area contributed by atoms with Crippen molar-refractivity contribution in [1.29, 1.82) is 0 Å². The largest absolute Gasteiger partial charge is 0.489 e. The summed E-state index contributed by atoms with van der Waals surface area (Å²) in [5.41, 5.74) is 2.87. The molecule has 0 unspecified atom stereocenters. The van der Waals surface area contributed by atoms with Crippen LogP contribution in [-0.2, 0) is 4.79 Å². The molecule has 10 nitrogen and oxygen atoms in total. The number of nitrogens with one attached hydrogen (secondary N) is 3. The summed E-state index contributed by atoms with van der Waals surface area (Å²) < 4.78 is 6.20. The number of anilines is 5. The highest BCUT2D eigenvalue weighted by molar-refractivity contribution is 6.33. The van der Waals surface area contributed by atoms with E-state index in [-0.39, 0.29) is 12.0 Å². The van der Waals surface area contributed by atoms with Gasteiger partial charge in [-0.3, -0.25) is 9.59 Å². The van der Waals surface area contributed by atoms with Crippen molar-refractivity contribution >= 4 is 52.2 Å². The molecule has 11 heteroatoms. The molecule has 2 aliphatic rings. The SMILES string of the molecule is CCNC(=O)c1ccccc1Nc1nc(Nc2ccc(N3CCC(N4CCCC4=O)CC3)cc2OC(C)C)ncc1Cl. The quantitative estimate of drug-likeness (QED) is 0.273. The van der Waals surface area contributed by atoms with Gasteiger partial charge < -0.3 is 30.5 Å². The number of amides is 2. The van der Waals surface area contributed by atoms with E-state index in [0.29, 0.717) is 58.7 Å². The molecule has 2 fully saturated rings. The Morgan fingerprint density at radius 1 is 1.10 bits per heavy atom. The number of rotatable bonds is 10. The fourth-order valence-corrected chi connectivity index (χ4v) is 5.60. The van der Waals surface area contributed by atoms with Gasteiger partial charge in [-0.2, -0.15) is 4.98 Å². The molecular weight excluding hydrogens is 554 g/mol. The number of likely N-dealkylation sites (tertiary alicyclic amines) is 1. The van der Waals surface area contributed by atoms with Gasteiger partial charge in [-0.15, -0.1) is 0 Å². The highest BCUT2D eigenvalue weighted by atomic mass is 35.5. The van der Waals surface area contributed by atoms with Gasteiger partial charge in [0.25, 0.3) is 5.91 Å². The molecule has 0 radical (unpaired) electrons. The highest BCUT2D eigenvalue weighted by Gasteiger charge is 2.31. The lowest BCUT2D eigenvalue weighted by molar-refractivity contribution is -0.130. The van der Waals surface area contributed by atoms with Gasteiger partial charge in [0.2, 0.25) is 11.9 Å². The molecule has 3 heterocycles. The zero-order chi connectivity index (χ0) is 29.6. The molecule has 2 aliphatic heterocycles. The number of aromatic nitrogens is 2. The molecule has 2 aromatic carbocycles. The molecule has 3 N–H and O–H groups in total. The Kier molecular flexibility index (Phi) is 9.31. The summed E-state index contributed by atoms with van der Waals surface area (Å²) in [5, 5.41) is 9.61. The first-order chi connectivity index (χ1) is 20.3. The third-order valence-electron chi connectivity index (χ3n) is 7.46. The van der Waals surface area contributed by atoms with Crippen molar-refractivity contribution in [2.45, 2.75) is 58.6 Å². The minimum atomic E-state index is -0.187. The van der Waals surface area contributed by atoms with Gasteiger partial charge in [0.05, 0.1) is 29.2 Å². The lowest BCUT2D eigenvalue weighted by Crippen LogP contribution is -2.45. The lowest BCUT2D eigenvalue weighted by Gasteiger charge is -2.38. The number of hydrogen-bond donors (Lipinski definition) is 3. The van der Waals surface area contributed by atoms with Crippen molar-refractivity contribution in [3.63, 3.8) is 0 Å². The van der Waals surface area contributed by atoms with E-state index in [1.165, 1.54) is 6.20 Å². The van der Waals surface area contributed by atoms with Crippen LogP contribution in [0.1, 0.15) is 56.8 Å². The predicted molar refractivity (Wildman–Crippen MR) is 166 cm³/mol. The van der Waals surface area contributed by atoms with E-state index in [2.05, 4.69) is 41.8 Å². The second kappa shape index (κ2) is 13.3. The van der Waals surface area contributed by atoms with Crippen molar-refractivity contribution < 1.29 is 14.3 Å². The molecule has 0 saturated carbocycles. The molecule has 0 bridgehead atoms. The van der Waals surface area contributed by atoms with Gasteiger partial charge in [0, 0.05) is 50.4 Å². The van der Waals surface area contributed by atoms with Crippen molar-refractivity contribution in [3.8, 4) is 5.75 Å². The van der Waals surface area contributed by atoms with Gasteiger partial charge in [0.15, 0.2) is 5.82 Å². The molecule has 3 aromatic rings. The number of carbonyl (C=O) groups is 2. The Hall–Kier alpha value is -4.05. The number of carbonyl (C=O) groups excluding carboxylic acids is 2. The van der Waals surface area contributed by atoms with Crippen LogP contribution in [-0.4, -0.2) is 65.0 Å². The Morgan fingerprint density at radius 3 is 2.60 bits per heavy atom. The number of ether oxygens (including phenoxy) is 1. The highest BCUT2D eigenvalue weighted by Crippen LogP contribution is 2.35. The van der Waals surface area contributed by atoms with E-state index in [4.69, 9.17) is 16.3 Å². The van der Waals surface area contributed by atoms with Crippen LogP contribution in [0.5, 0.6) is 5.75 Å². The molecular formula is C31H38ClN7O3. The van der Waals surface area contributed by atoms with Crippen LogP contribution in [0, 0.1) is 0 Å². The molecule has 2 saturated heterocycles. The van der Waals surface area contributed by atoms with E-state index in [9.17, 15) is 9.59 Å². The van der Waals surface area contributed by atoms with Crippen LogP contribution in [0.3, 0.4) is 0 Å². The zero-order valence-corrected chi connectivity index (χ0v) is 25.1. The standard InChI is InChI=1S/C31H38ClN7O3/c1-4-33-30(41)23-8-5-6-9-25(23)35-29-24(32)19-34-31(37-29)36-26-12-11-22(18-27(26)42-20(2)3)38-16-13-21(14-17-38)39-15-7-10-28(39)40/h5-6,8-9,11-12,18-21H,4,7,10,13-17H2,1-3H3,(H,33,41)(H2,34,35,36,37). The first-order valence-corrected chi connectivity index (χ1v) is 15.0. The minimum Gasteiger partial charge on any atom is -0.489 e. The zero-order valence-electron chi connectivity index (χ0n) is 24.3. The van der Waals surface area contributed by atoms with E-state index in [0.717, 1.165) is 50.3 Å². The van der Waals surface area contributed by atoms with Crippen molar-refractivity contribution in [2.24, 2.45) is 0 Å². The normalized spacial score (nSPS) is 15.7. The summed E-state index contributed by atoms with van der Waals surface area (Å²) in [6, 6.07) is 13.6. The lowest BCUT2D eigenvalue weighted by atomic mass is 10.0. The van der Waals surface area contributed by atoms with Crippen LogP contribution < -0.4 is 25.6 Å². The maximum atomic E-state index is 12.5. The molecule has 0 spiro atoms. The third-order valence-corrected chi connectivity index (χ3v) is 7.74. The van der Waals surface area contributed by atoms with Gasteiger partial charge in [-0.25, -0.2) is 4.98 Å². The maximum absolute atomic E-state index is 12.5. The summed E-state index contributed by atoms with van der Waals surface area (Å²) in [4.78, 5) is 38.1. The third kappa shape index (κ3) is 6.87. The molecule has 0 atom stereocenters. The Bertz CT molecular complexity index is 1430. The monoisotopic (exact) mass is 591 g/mol. The van der Waals surface area contributed by atoms with Gasteiger partial charge >= 0.3 is 0 Å². The van der Waals surface area contributed by atoms with Gasteiger partial charge in [0.1, 0.15) is 10.8 Å². The Labute approximate surface area is 251 Å². The molecule has 42 heavy (non-hydrogen) atoms. The second-order valence-electron chi connectivity index (χ2n) is 10.8. The number of hydrogen-bond acceptors (Lipinski definition) is 8. The molecule has 1 aromatic heterocycles. The summed E-state index contributed by atoms with van der Waals surface area (Å²) in [6.45, 7) is 9.03. The fraction of sp³-hybridized carbons (Fsp3) is 0.419. The molecule has 222 valence electrons. The number of benzene rings is 2. The minimum absolute atomic E-state index is 0.0400. The molecule has 2 amide bonds. The van der Waals surface area contributed by atoms with Crippen molar-refractivity contribution in [3.05, 3.63) is 59.2 Å². The first kappa shape index (κ1) is 29.4. The van der Waals surface area contributed by atoms with Gasteiger partial charge in [-0.1, -0.05) is 23.7 Å². The van der Waals surface area contributed by atoms with Crippen LogP contribution in [0.2, 0.25) is 5.02 Å². The van der Waals surface area contributed by atoms with Crippen molar-refractivity contribution in [1.82, 2.24) is 20.2 Å². The number of piperidine rings is 1. The smallest absolute Gasteiger partial charge is 0.253 e. The van der Waals surface area contributed by atoms with E-state index >= 15 is 0 Å². The second-order valence-corrected chi connectivity index (χ2v) is 11.2. The van der Waals surface area contributed by atoms with E-state index in [1.54, 1.807) is 18.2 Å². The number of halogens is 1.